The lowest BCUT2D eigenvalue weighted by Crippen LogP contribution is -2.32. The maximum absolute atomic E-state index is 12.6. The molecule has 1 saturated heterocycles. The summed E-state index contributed by atoms with van der Waals surface area (Å²) in [5, 5.41) is 2.82. The van der Waals surface area contributed by atoms with Gasteiger partial charge in [-0.15, -0.1) is 23.4 Å². The molecule has 1 aliphatic rings. The number of rotatable bonds is 6. The maximum Gasteiger partial charge on any atom is 0.238 e. The number of hydrogen-bond donors (Lipinski definition) is 1. The number of hydrogen-bond acceptors (Lipinski definition) is 4. The quantitative estimate of drug-likeness (QED) is 0.671. The minimum absolute atomic E-state index is 0.0864. The van der Waals surface area contributed by atoms with Crippen LogP contribution in [0, 0.1) is 5.41 Å². The van der Waals surface area contributed by atoms with Gasteiger partial charge < -0.3 is 10.2 Å². The molecule has 5 nitrogen and oxygen atoms in total. The number of carbonyl (C=O) groups excluding carboxylic acids is 2. The monoisotopic (exact) mass is 431 g/mol. The van der Waals surface area contributed by atoms with E-state index in [0.717, 1.165) is 16.9 Å². The normalized spacial score (nSPS) is 16.8. The summed E-state index contributed by atoms with van der Waals surface area (Å²) in [6, 6.07) is 15.6. The average Bonchev–Trinajstić information content (AvgIpc) is 3.10. The van der Waals surface area contributed by atoms with Gasteiger partial charge in [0.15, 0.2) is 0 Å². The minimum atomic E-state index is -0.635. The lowest BCUT2D eigenvalue weighted by Gasteiger charge is -2.25. The van der Waals surface area contributed by atoms with Crippen LogP contribution >= 0.6 is 23.4 Å². The van der Waals surface area contributed by atoms with Crippen molar-refractivity contribution >= 4 is 52.2 Å². The van der Waals surface area contributed by atoms with E-state index in [9.17, 15) is 9.59 Å². The fourth-order valence-corrected chi connectivity index (χ4v) is 4.25. The summed E-state index contributed by atoms with van der Waals surface area (Å²) in [7, 11) is 3.98. The van der Waals surface area contributed by atoms with Crippen molar-refractivity contribution in [2.45, 2.75) is 19.2 Å². The van der Waals surface area contributed by atoms with E-state index in [1.54, 1.807) is 11.8 Å². The highest BCUT2D eigenvalue weighted by Crippen LogP contribution is 2.42. The highest BCUT2D eigenvalue weighted by atomic mass is 35.5. The van der Waals surface area contributed by atoms with E-state index in [1.165, 1.54) is 0 Å². The van der Waals surface area contributed by atoms with E-state index in [4.69, 9.17) is 11.6 Å². The van der Waals surface area contributed by atoms with Crippen LogP contribution < -0.4 is 15.1 Å². The van der Waals surface area contributed by atoms with Gasteiger partial charge in [0.05, 0.1) is 11.2 Å². The number of benzene rings is 2. The Kier molecular flexibility index (Phi) is 6.44. The predicted molar refractivity (Wildman–Crippen MR) is 123 cm³/mol. The van der Waals surface area contributed by atoms with Crippen molar-refractivity contribution in [2.75, 3.05) is 40.8 Å². The summed E-state index contributed by atoms with van der Waals surface area (Å²) < 4.78 is 0. The van der Waals surface area contributed by atoms with Crippen LogP contribution in [0.2, 0.25) is 0 Å². The lowest BCUT2D eigenvalue weighted by atomic mass is 9.95. The van der Waals surface area contributed by atoms with E-state index in [0.29, 0.717) is 11.4 Å². The molecule has 0 unspecified atom stereocenters. The largest absolute Gasteiger partial charge is 0.378 e. The molecule has 2 amide bonds. The summed E-state index contributed by atoms with van der Waals surface area (Å²) >= 11 is 7.48. The topological polar surface area (TPSA) is 52.6 Å². The molecule has 7 heteroatoms. The minimum Gasteiger partial charge on any atom is -0.378 e. The van der Waals surface area contributed by atoms with Gasteiger partial charge in [0.1, 0.15) is 5.37 Å². The number of halogens is 1. The zero-order chi connectivity index (χ0) is 21.2. The molecule has 0 aliphatic carbocycles. The molecule has 1 atom stereocenters. The SMILES string of the molecule is CN(C)c1ccc(N2C(=O)CS[C@H]2c2ccc(NC(=O)C(C)(C)CCl)cc2)cc1. The van der Waals surface area contributed by atoms with Crippen LogP contribution in [-0.4, -0.2) is 37.5 Å². The number of nitrogens with zero attached hydrogens (tertiary/aromatic N) is 2. The van der Waals surface area contributed by atoms with Crippen molar-refractivity contribution in [1.82, 2.24) is 0 Å². The van der Waals surface area contributed by atoms with Crippen LogP contribution in [0.1, 0.15) is 24.8 Å². The fourth-order valence-electron chi connectivity index (χ4n) is 2.95. The highest BCUT2D eigenvalue weighted by molar-refractivity contribution is 8.00. The molecule has 0 radical (unpaired) electrons. The second-order valence-electron chi connectivity index (χ2n) is 7.93. The fraction of sp³-hybridized carbons (Fsp3) is 0.364. The molecule has 0 aromatic heterocycles. The molecule has 2 aromatic rings. The average molecular weight is 432 g/mol. The van der Waals surface area contributed by atoms with Gasteiger partial charge in [-0.3, -0.25) is 14.5 Å². The Morgan fingerprint density at radius 1 is 1.17 bits per heavy atom. The van der Waals surface area contributed by atoms with Gasteiger partial charge in [0.2, 0.25) is 11.8 Å². The summed E-state index contributed by atoms with van der Waals surface area (Å²) in [5.74, 6) is 0.675. The Bertz CT molecular complexity index is 882. The Balaban J connectivity index is 1.78. The van der Waals surface area contributed by atoms with Crippen molar-refractivity contribution in [1.29, 1.82) is 0 Å². The highest BCUT2D eigenvalue weighted by Gasteiger charge is 2.34. The molecular formula is C22H26ClN3O2S. The third kappa shape index (κ3) is 4.70. The van der Waals surface area contributed by atoms with Gasteiger partial charge >= 0.3 is 0 Å². The zero-order valence-electron chi connectivity index (χ0n) is 17.1. The zero-order valence-corrected chi connectivity index (χ0v) is 18.7. The molecule has 0 spiro atoms. The van der Waals surface area contributed by atoms with Crippen molar-refractivity contribution in [3.8, 4) is 0 Å². The third-order valence-electron chi connectivity index (χ3n) is 4.91. The van der Waals surface area contributed by atoms with Gasteiger partial charge in [-0.2, -0.15) is 0 Å². The van der Waals surface area contributed by atoms with Gasteiger partial charge in [-0.25, -0.2) is 0 Å². The van der Waals surface area contributed by atoms with E-state index in [2.05, 4.69) is 5.32 Å². The van der Waals surface area contributed by atoms with E-state index >= 15 is 0 Å². The summed E-state index contributed by atoms with van der Waals surface area (Å²) in [6.45, 7) is 3.62. The molecule has 1 fully saturated rings. The maximum atomic E-state index is 12.6. The third-order valence-corrected chi connectivity index (χ3v) is 6.80. The number of nitrogens with one attached hydrogen (secondary N) is 1. The van der Waals surface area contributed by atoms with Gasteiger partial charge in [0, 0.05) is 37.0 Å². The van der Waals surface area contributed by atoms with Gasteiger partial charge in [-0.1, -0.05) is 12.1 Å². The molecule has 2 aromatic carbocycles. The van der Waals surface area contributed by atoms with E-state index in [1.807, 2.05) is 86.3 Å². The van der Waals surface area contributed by atoms with Crippen molar-refractivity contribution in [3.63, 3.8) is 0 Å². The van der Waals surface area contributed by atoms with Gasteiger partial charge in [0.25, 0.3) is 0 Å². The second-order valence-corrected chi connectivity index (χ2v) is 9.27. The molecule has 154 valence electrons. The van der Waals surface area contributed by atoms with E-state index in [-0.39, 0.29) is 23.1 Å². The summed E-state index contributed by atoms with van der Waals surface area (Å²) in [4.78, 5) is 28.7. The van der Waals surface area contributed by atoms with Crippen molar-refractivity contribution in [2.24, 2.45) is 5.41 Å². The summed E-state index contributed by atoms with van der Waals surface area (Å²) in [6.07, 6.45) is 0. The van der Waals surface area contributed by atoms with E-state index < -0.39 is 5.41 Å². The van der Waals surface area contributed by atoms with Crippen LogP contribution in [0.25, 0.3) is 0 Å². The molecule has 0 bridgehead atoms. The Labute approximate surface area is 181 Å². The Morgan fingerprint density at radius 3 is 2.34 bits per heavy atom. The number of carbonyl (C=O) groups is 2. The molecule has 1 heterocycles. The van der Waals surface area contributed by atoms with Crippen LogP contribution in [0.5, 0.6) is 0 Å². The van der Waals surface area contributed by atoms with Crippen LogP contribution in [0.15, 0.2) is 48.5 Å². The molecule has 29 heavy (non-hydrogen) atoms. The second kappa shape index (κ2) is 8.67. The first-order valence-electron chi connectivity index (χ1n) is 9.41. The van der Waals surface area contributed by atoms with Gasteiger partial charge in [-0.05, 0) is 55.8 Å². The first kappa shape index (κ1) is 21.5. The smallest absolute Gasteiger partial charge is 0.238 e. The molecule has 0 saturated carbocycles. The Morgan fingerprint density at radius 2 is 1.79 bits per heavy atom. The number of anilines is 3. The number of alkyl halides is 1. The Hall–Kier alpha value is -2.18. The first-order chi connectivity index (χ1) is 13.7. The standard InChI is InChI=1S/C22H26ClN3O2S/c1-22(2,14-23)21(28)24-16-7-5-15(6-8-16)20-26(19(27)13-29-20)18-11-9-17(10-12-18)25(3)4/h5-12,20H,13-14H2,1-4H3,(H,24,28)/t20-/m0/s1. The molecule has 3 rings (SSSR count). The number of thioether (sulfide) groups is 1. The van der Waals surface area contributed by atoms with Crippen molar-refractivity contribution < 1.29 is 9.59 Å². The predicted octanol–water partition coefficient (Wildman–Crippen LogP) is 4.73. The lowest BCUT2D eigenvalue weighted by molar-refractivity contribution is -0.123. The number of amides is 2. The first-order valence-corrected chi connectivity index (χ1v) is 11.0. The summed E-state index contributed by atoms with van der Waals surface area (Å²) in [5.41, 5.74) is 3.07. The van der Waals surface area contributed by atoms with Crippen LogP contribution in [-0.2, 0) is 9.59 Å². The molecular weight excluding hydrogens is 406 g/mol. The van der Waals surface area contributed by atoms with Crippen LogP contribution in [0.4, 0.5) is 17.1 Å². The molecule has 1 aliphatic heterocycles. The molecule has 1 N–H and O–H groups in total. The van der Waals surface area contributed by atoms with Crippen molar-refractivity contribution in [3.05, 3.63) is 54.1 Å². The van der Waals surface area contributed by atoms with Crippen LogP contribution in [0.3, 0.4) is 0 Å².